The summed E-state index contributed by atoms with van der Waals surface area (Å²) in [5.74, 6) is 0. The van der Waals surface area contributed by atoms with Gasteiger partial charge in [-0.2, -0.15) is 0 Å². The van der Waals surface area contributed by atoms with Crippen molar-refractivity contribution in [2.75, 3.05) is 0 Å². The number of hydrogen-bond acceptors (Lipinski definition) is 1. The standard InChI is InChI=1S/BH3INOP2/c2-6(5)3-1-4/h6H,5H2. The van der Waals surface area contributed by atoms with E-state index in [-0.39, 0.29) is 0 Å². The van der Waals surface area contributed by atoms with Gasteiger partial charge in [0.1, 0.15) is 0 Å². The number of hydrogen-bond donors (Lipinski definition) is 0. The second-order valence-electron chi connectivity index (χ2n) is 0.557. The zero-order valence-electron chi connectivity index (χ0n) is 2.89. The fraction of sp³-hybridized carbons (Fsp3) is 0. The average Bonchev–Trinajstić information content (AvgIpc) is 1.35. The van der Waals surface area contributed by atoms with Crippen molar-refractivity contribution < 1.29 is 4.70 Å². The Morgan fingerprint density at radius 1 is 2.00 bits per heavy atom. The third-order valence-corrected chi connectivity index (χ3v) is 1.81. The van der Waals surface area contributed by atoms with Crippen molar-refractivity contribution in [1.29, 1.82) is 0 Å². The summed E-state index contributed by atoms with van der Waals surface area (Å²) in [4.78, 5) is 0. The van der Waals surface area contributed by atoms with Crippen LogP contribution in [0.4, 0.5) is 0 Å². The van der Waals surface area contributed by atoms with Crippen LogP contribution in [0.3, 0.4) is 0 Å². The molecule has 2 atom stereocenters. The maximum absolute atomic E-state index is 9.46. The molecule has 6 heavy (non-hydrogen) atoms. The minimum atomic E-state index is -0.742. The Morgan fingerprint density at radius 2 is 2.50 bits per heavy atom. The molecule has 0 aliphatic heterocycles. The van der Waals surface area contributed by atoms with Crippen molar-refractivity contribution in [3.63, 3.8) is 0 Å². The molecule has 0 saturated carbocycles. The first-order valence-electron chi connectivity index (χ1n) is 1.20. The average molecular weight is 233 g/mol. The first kappa shape index (κ1) is 7.25. The fourth-order valence-electron chi connectivity index (χ4n) is 0.0503. The van der Waals surface area contributed by atoms with E-state index in [0.29, 0.717) is 7.28 Å². The predicted octanol–water partition coefficient (Wildman–Crippen LogP) is 1.49. The third-order valence-electron chi connectivity index (χ3n) is 0.176. The zero-order chi connectivity index (χ0) is 4.99. The van der Waals surface area contributed by atoms with Gasteiger partial charge in [-0.15, -0.1) is 0 Å². The molecule has 0 fully saturated rings. The van der Waals surface area contributed by atoms with Gasteiger partial charge in [-0.1, -0.05) is 0 Å². The van der Waals surface area contributed by atoms with E-state index >= 15 is 0 Å². The molecule has 0 N–H and O–H groups in total. The molecular weight excluding hydrogens is 230 g/mol. The summed E-state index contributed by atoms with van der Waals surface area (Å²) in [6.45, 7) is 0. The molecule has 2 unspecified atom stereocenters. The van der Waals surface area contributed by atoms with E-state index in [9.17, 15) is 4.70 Å². The van der Waals surface area contributed by atoms with Crippen LogP contribution in [0.1, 0.15) is 0 Å². The molecule has 0 aromatic rings. The van der Waals surface area contributed by atoms with Crippen LogP contribution >= 0.6 is 36.0 Å². The zero-order valence-corrected chi connectivity index (χ0v) is 7.20. The summed E-state index contributed by atoms with van der Waals surface area (Å²) in [7, 11) is 3.06. The number of halogens is 1. The van der Waals surface area contributed by atoms with Crippen molar-refractivity contribution in [3.8, 4) is 0 Å². The van der Waals surface area contributed by atoms with Gasteiger partial charge < -0.3 is 0 Å². The summed E-state index contributed by atoms with van der Waals surface area (Å²) < 4.78 is 13.0. The molecule has 6 heteroatoms. The van der Waals surface area contributed by atoms with Gasteiger partial charge in [0, 0.05) is 0 Å². The topological polar surface area (TPSA) is 29.4 Å². The van der Waals surface area contributed by atoms with Gasteiger partial charge in [0.05, 0.1) is 0 Å². The van der Waals surface area contributed by atoms with Gasteiger partial charge in [0.2, 0.25) is 0 Å². The van der Waals surface area contributed by atoms with Crippen LogP contribution in [-0.2, 0) is 4.70 Å². The molecule has 0 heterocycles. The quantitative estimate of drug-likeness (QED) is 0.383. The van der Waals surface area contributed by atoms with Crippen molar-refractivity contribution in [3.05, 3.63) is 0 Å². The number of nitrogens with zero attached hydrogens (tertiary/aromatic N) is 1. The maximum atomic E-state index is 9.46. The van der Waals surface area contributed by atoms with Gasteiger partial charge in [-0.05, 0) is 0 Å². The third kappa shape index (κ3) is 5.25. The van der Waals surface area contributed by atoms with Crippen LogP contribution in [0, 0.1) is 0 Å². The molecular formula is H3BINOP2. The SMILES string of the molecule is O=B/N=[PH](\P)I. The normalized spacial score (nSPS) is 13.7. The molecule has 0 aromatic carbocycles. The van der Waals surface area contributed by atoms with Crippen LogP contribution < -0.4 is 0 Å². The van der Waals surface area contributed by atoms with Crippen molar-refractivity contribution in [2.45, 2.75) is 0 Å². The molecule has 0 aliphatic carbocycles. The Morgan fingerprint density at radius 3 is 2.50 bits per heavy atom. The van der Waals surface area contributed by atoms with E-state index in [0.717, 1.165) is 0 Å². The molecule has 0 radical (unpaired) electrons. The van der Waals surface area contributed by atoms with Crippen LogP contribution in [0.2, 0.25) is 0 Å². The monoisotopic (exact) mass is 233 g/mol. The fourth-order valence-corrected chi connectivity index (χ4v) is 0.675. The summed E-state index contributed by atoms with van der Waals surface area (Å²) in [5.41, 5.74) is 0. The first-order valence-corrected chi connectivity index (χ1v) is 7.57. The second-order valence-corrected chi connectivity index (χ2v) is 9.94. The van der Waals surface area contributed by atoms with Crippen LogP contribution in [0.5, 0.6) is 0 Å². The molecule has 0 rings (SSSR count). The van der Waals surface area contributed by atoms with E-state index in [4.69, 9.17) is 0 Å². The van der Waals surface area contributed by atoms with Crippen LogP contribution in [-0.4, -0.2) is 7.28 Å². The Bertz CT molecular complexity index is 77.6. The molecule has 0 saturated heterocycles. The first-order chi connectivity index (χ1) is 2.77. The Balaban J connectivity index is 3.41. The van der Waals surface area contributed by atoms with Crippen molar-refractivity contribution in [2.24, 2.45) is 4.66 Å². The number of rotatable bonds is 1. The second kappa shape index (κ2) is 4.41. The predicted molar refractivity (Wildman–Crippen MR) is 40.9 cm³/mol. The van der Waals surface area contributed by atoms with Crippen LogP contribution in [0.25, 0.3) is 0 Å². The van der Waals surface area contributed by atoms with Gasteiger partial charge in [0.25, 0.3) is 0 Å². The van der Waals surface area contributed by atoms with E-state index < -0.39 is 5.04 Å². The molecule has 0 aromatic heterocycles. The minimum absolute atomic E-state index is 0.591. The molecule has 0 amide bonds. The van der Waals surface area contributed by atoms with Crippen LogP contribution in [0.15, 0.2) is 4.66 Å². The Kier molecular flexibility index (Phi) is 5.34. The molecule has 0 aliphatic rings. The van der Waals surface area contributed by atoms with E-state index in [1.54, 1.807) is 0 Å². The molecule has 0 bridgehead atoms. The Hall–Kier alpha value is 1.25. The van der Waals surface area contributed by atoms with E-state index in [1.165, 1.54) is 0 Å². The van der Waals surface area contributed by atoms with Gasteiger partial charge in [-0.3, -0.25) is 0 Å². The van der Waals surface area contributed by atoms with E-state index in [1.807, 2.05) is 0 Å². The molecule has 2 nitrogen and oxygen atoms in total. The summed E-state index contributed by atoms with van der Waals surface area (Å²) in [5, 5.41) is -0.742. The summed E-state index contributed by atoms with van der Waals surface area (Å²) in [6, 6.07) is 0. The van der Waals surface area contributed by atoms with Gasteiger partial charge in [-0.25, -0.2) is 0 Å². The molecule has 34 valence electrons. The van der Waals surface area contributed by atoms with Crippen molar-refractivity contribution >= 4 is 43.3 Å². The van der Waals surface area contributed by atoms with Crippen molar-refractivity contribution in [1.82, 2.24) is 0 Å². The van der Waals surface area contributed by atoms with E-state index in [2.05, 4.69) is 35.6 Å². The summed E-state index contributed by atoms with van der Waals surface area (Å²) in [6.07, 6.45) is 0. The Labute approximate surface area is 52.8 Å². The van der Waals surface area contributed by atoms with Gasteiger partial charge in [0.15, 0.2) is 0 Å². The molecule has 0 spiro atoms. The summed E-state index contributed by atoms with van der Waals surface area (Å²) >= 11 is 2.11. The van der Waals surface area contributed by atoms with Gasteiger partial charge >= 0.3 is 52.7 Å².